The molecule has 20 heavy (non-hydrogen) atoms. The van der Waals surface area contributed by atoms with E-state index in [2.05, 4.69) is 19.6 Å². The van der Waals surface area contributed by atoms with Crippen molar-refractivity contribution in [2.45, 2.75) is 59.0 Å². The minimum absolute atomic E-state index is 0.676. The maximum absolute atomic E-state index is 10.9. The molecule has 0 aliphatic rings. The van der Waals surface area contributed by atoms with Crippen molar-refractivity contribution in [3.8, 4) is 0 Å². The second kappa shape index (κ2) is 7.69. The van der Waals surface area contributed by atoms with Crippen LogP contribution >= 0.6 is 11.6 Å². The van der Waals surface area contributed by atoms with E-state index >= 15 is 0 Å². The number of halogens is 1. The van der Waals surface area contributed by atoms with Crippen LogP contribution in [0.5, 0.6) is 0 Å². The Hall–Kier alpha value is -1.01. The zero-order chi connectivity index (χ0) is 15.2. The maximum Gasteiger partial charge on any atom is 0.0968 e. The molecule has 0 aromatic heterocycles. The van der Waals surface area contributed by atoms with Crippen molar-refractivity contribution in [1.82, 2.24) is 0 Å². The second-order valence-electron chi connectivity index (χ2n) is 5.06. The summed E-state index contributed by atoms with van der Waals surface area (Å²) in [5.74, 6) is 0. The summed E-state index contributed by atoms with van der Waals surface area (Å²) in [6.45, 7) is 8.28. The van der Waals surface area contributed by atoms with Crippen molar-refractivity contribution in [2.24, 2.45) is 0 Å². The maximum atomic E-state index is 10.9. The highest BCUT2D eigenvalue weighted by atomic mass is 35.5. The van der Waals surface area contributed by atoms with Gasteiger partial charge in [-0.1, -0.05) is 51.4 Å². The molecule has 0 spiro atoms. The molecule has 1 rings (SSSR count). The molecule has 1 aromatic rings. The molecule has 110 valence electrons. The van der Waals surface area contributed by atoms with Crippen LogP contribution in [0.3, 0.4) is 0 Å². The first-order valence-corrected chi connectivity index (χ1v) is 7.85. The van der Waals surface area contributed by atoms with E-state index < -0.39 is 5.60 Å². The van der Waals surface area contributed by atoms with Gasteiger partial charge in [0.15, 0.2) is 0 Å². The van der Waals surface area contributed by atoms with Crippen LogP contribution in [-0.4, -0.2) is 10.7 Å². The predicted molar refractivity (Wildman–Crippen MR) is 88.0 cm³/mol. The minimum atomic E-state index is -0.830. The zero-order valence-electron chi connectivity index (χ0n) is 13.0. The van der Waals surface area contributed by atoms with Gasteiger partial charge < -0.3 is 5.11 Å². The SMILES string of the molecule is CCC(=C=C(c1ccc(Cl)cc1)C(O)(CC)CC)CC. The second-order valence-corrected chi connectivity index (χ2v) is 5.49. The Balaban J connectivity index is 3.50. The molecular weight excluding hydrogens is 268 g/mol. The topological polar surface area (TPSA) is 20.2 Å². The molecule has 0 heterocycles. The first-order chi connectivity index (χ1) is 9.50. The van der Waals surface area contributed by atoms with Gasteiger partial charge in [0, 0.05) is 10.6 Å². The first kappa shape index (κ1) is 17.0. The highest BCUT2D eigenvalue weighted by molar-refractivity contribution is 6.30. The van der Waals surface area contributed by atoms with Crippen LogP contribution < -0.4 is 0 Å². The molecular formula is C18H25ClO. The van der Waals surface area contributed by atoms with Crippen LogP contribution in [0.25, 0.3) is 5.57 Å². The van der Waals surface area contributed by atoms with Gasteiger partial charge >= 0.3 is 0 Å². The van der Waals surface area contributed by atoms with Crippen LogP contribution in [0.15, 0.2) is 35.6 Å². The van der Waals surface area contributed by atoms with Crippen LogP contribution in [0.4, 0.5) is 0 Å². The van der Waals surface area contributed by atoms with E-state index in [1.165, 1.54) is 5.57 Å². The van der Waals surface area contributed by atoms with Gasteiger partial charge in [-0.15, -0.1) is 5.73 Å². The van der Waals surface area contributed by atoms with E-state index in [1.54, 1.807) is 0 Å². The van der Waals surface area contributed by atoms with Crippen molar-refractivity contribution in [1.29, 1.82) is 0 Å². The number of hydrogen-bond acceptors (Lipinski definition) is 1. The molecule has 0 fully saturated rings. The van der Waals surface area contributed by atoms with E-state index in [1.807, 2.05) is 38.1 Å². The first-order valence-electron chi connectivity index (χ1n) is 7.48. The third-order valence-corrected chi connectivity index (χ3v) is 4.18. The molecule has 0 atom stereocenters. The largest absolute Gasteiger partial charge is 0.385 e. The molecule has 0 bridgehead atoms. The number of rotatable bonds is 6. The Morgan fingerprint density at radius 3 is 1.95 bits per heavy atom. The number of benzene rings is 1. The highest BCUT2D eigenvalue weighted by Crippen LogP contribution is 2.33. The van der Waals surface area contributed by atoms with Crippen LogP contribution in [-0.2, 0) is 0 Å². The lowest BCUT2D eigenvalue weighted by molar-refractivity contribution is 0.0935. The molecule has 0 unspecified atom stereocenters. The average molecular weight is 293 g/mol. The van der Waals surface area contributed by atoms with Gasteiger partial charge in [-0.05, 0) is 49.0 Å². The summed E-state index contributed by atoms with van der Waals surface area (Å²) < 4.78 is 0. The Kier molecular flexibility index (Phi) is 6.55. The van der Waals surface area contributed by atoms with Gasteiger partial charge in [0.2, 0.25) is 0 Å². The molecule has 1 nitrogen and oxygen atoms in total. The predicted octanol–water partition coefficient (Wildman–Crippen LogP) is 5.62. The molecule has 0 aliphatic heterocycles. The molecule has 1 N–H and O–H groups in total. The third kappa shape index (κ3) is 3.99. The zero-order valence-corrected chi connectivity index (χ0v) is 13.7. The van der Waals surface area contributed by atoms with Gasteiger partial charge in [-0.2, -0.15) is 0 Å². The fourth-order valence-corrected chi connectivity index (χ4v) is 2.41. The van der Waals surface area contributed by atoms with E-state index in [0.29, 0.717) is 17.9 Å². The fraction of sp³-hybridized carbons (Fsp3) is 0.500. The van der Waals surface area contributed by atoms with Gasteiger partial charge in [-0.25, -0.2) is 0 Å². The van der Waals surface area contributed by atoms with E-state index in [-0.39, 0.29) is 0 Å². The Morgan fingerprint density at radius 1 is 1.05 bits per heavy atom. The standard InChI is InChI=1S/C18H25ClO/c1-5-14(6-2)13-17(18(20,7-3)8-4)15-9-11-16(19)12-10-15/h9-12,20H,5-8H2,1-4H3. The van der Waals surface area contributed by atoms with Crippen molar-refractivity contribution >= 4 is 17.2 Å². The van der Waals surface area contributed by atoms with Crippen LogP contribution in [0, 0.1) is 0 Å². The Bertz CT molecular complexity index is 483. The summed E-state index contributed by atoms with van der Waals surface area (Å²) in [4.78, 5) is 0. The highest BCUT2D eigenvalue weighted by Gasteiger charge is 2.28. The normalized spacial score (nSPS) is 11.1. The van der Waals surface area contributed by atoms with E-state index in [9.17, 15) is 5.11 Å². The number of aliphatic hydroxyl groups is 1. The van der Waals surface area contributed by atoms with Crippen molar-refractivity contribution < 1.29 is 5.11 Å². The van der Waals surface area contributed by atoms with Crippen LogP contribution in [0.1, 0.15) is 58.9 Å². The summed E-state index contributed by atoms with van der Waals surface area (Å²) in [5.41, 5.74) is 5.76. The van der Waals surface area contributed by atoms with Gasteiger partial charge in [0.25, 0.3) is 0 Å². The Morgan fingerprint density at radius 2 is 1.55 bits per heavy atom. The van der Waals surface area contributed by atoms with Gasteiger partial charge in [0.1, 0.15) is 0 Å². The summed E-state index contributed by atoms with van der Waals surface area (Å²) >= 11 is 5.96. The smallest absolute Gasteiger partial charge is 0.0968 e. The van der Waals surface area contributed by atoms with Crippen molar-refractivity contribution in [3.05, 3.63) is 46.2 Å². The molecule has 1 aromatic carbocycles. The Labute approximate surface area is 128 Å². The molecule has 0 saturated carbocycles. The number of hydrogen-bond donors (Lipinski definition) is 1. The average Bonchev–Trinajstić information content (AvgIpc) is 2.49. The molecule has 0 saturated heterocycles. The lowest BCUT2D eigenvalue weighted by atomic mass is 9.83. The summed E-state index contributed by atoms with van der Waals surface area (Å²) in [6, 6.07) is 7.65. The molecule has 0 radical (unpaired) electrons. The lowest BCUT2D eigenvalue weighted by Crippen LogP contribution is -2.28. The summed E-state index contributed by atoms with van der Waals surface area (Å²) in [5, 5.41) is 11.6. The monoisotopic (exact) mass is 292 g/mol. The quantitative estimate of drug-likeness (QED) is 0.675. The third-order valence-electron chi connectivity index (χ3n) is 3.92. The fourth-order valence-electron chi connectivity index (χ4n) is 2.28. The van der Waals surface area contributed by atoms with Crippen LogP contribution in [0.2, 0.25) is 5.02 Å². The lowest BCUT2D eigenvalue weighted by Gasteiger charge is -2.28. The molecule has 0 amide bonds. The van der Waals surface area contributed by atoms with Crippen molar-refractivity contribution in [3.63, 3.8) is 0 Å². The summed E-state index contributed by atoms with van der Waals surface area (Å²) in [6.07, 6.45) is 3.26. The summed E-state index contributed by atoms with van der Waals surface area (Å²) in [7, 11) is 0. The van der Waals surface area contributed by atoms with Gasteiger partial charge in [-0.3, -0.25) is 0 Å². The van der Waals surface area contributed by atoms with Gasteiger partial charge in [0.05, 0.1) is 5.60 Å². The molecule has 0 aliphatic carbocycles. The van der Waals surface area contributed by atoms with E-state index in [0.717, 1.165) is 24.0 Å². The van der Waals surface area contributed by atoms with Crippen molar-refractivity contribution in [2.75, 3.05) is 0 Å². The van der Waals surface area contributed by atoms with E-state index in [4.69, 9.17) is 11.6 Å². The minimum Gasteiger partial charge on any atom is -0.385 e. The molecule has 2 heteroatoms.